The highest BCUT2D eigenvalue weighted by Gasteiger charge is 2.21. The van der Waals surface area contributed by atoms with Gasteiger partial charge in [-0.15, -0.1) is 0 Å². The third-order valence-corrected chi connectivity index (χ3v) is 3.42. The summed E-state index contributed by atoms with van der Waals surface area (Å²) < 4.78 is 0. The smallest absolute Gasteiger partial charge is 0.120 e. The highest BCUT2D eigenvalue weighted by molar-refractivity contribution is 9.09. The summed E-state index contributed by atoms with van der Waals surface area (Å²) in [7, 11) is 0. The van der Waals surface area contributed by atoms with Gasteiger partial charge in [0.1, 0.15) is 6.29 Å². The van der Waals surface area contributed by atoms with Crippen LogP contribution in [0.3, 0.4) is 0 Å². The maximum atomic E-state index is 10.2. The minimum atomic E-state index is 0.603. The first-order valence-electron chi connectivity index (χ1n) is 3.92. The summed E-state index contributed by atoms with van der Waals surface area (Å²) in [5.74, 6) is 0.617. The van der Waals surface area contributed by atoms with Crippen LogP contribution in [0, 0.1) is 5.92 Å². The van der Waals surface area contributed by atoms with Gasteiger partial charge in [0.2, 0.25) is 0 Å². The minimum Gasteiger partial charge on any atom is -0.303 e. The quantitative estimate of drug-likeness (QED) is 0.500. The van der Waals surface area contributed by atoms with Crippen LogP contribution in [0.5, 0.6) is 0 Å². The van der Waals surface area contributed by atoms with Gasteiger partial charge in [-0.25, -0.2) is 0 Å². The lowest BCUT2D eigenvalue weighted by Gasteiger charge is -2.25. The highest BCUT2D eigenvalue weighted by Crippen LogP contribution is 2.31. The lowest BCUT2D eigenvalue weighted by atomic mass is 9.87. The molecule has 0 bridgehead atoms. The fourth-order valence-corrected chi connectivity index (χ4v) is 2.36. The Balaban J connectivity index is 2.32. The molecule has 0 heterocycles. The van der Waals surface area contributed by atoms with Crippen LogP contribution in [0.4, 0.5) is 0 Å². The van der Waals surface area contributed by atoms with E-state index in [0.717, 1.165) is 12.7 Å². The maximum Gasteiger partial charge on any atom is 0.120 e. The van der Waals surface area contributed by atoms with E-state index in [1.807, 2.05) is 0 Å². The molecule has 0 aromatic heterocycles. The Morgan fingerprint density at radius 3 is 2.70 bits per heavy atom. The third-order valence-electron chi connectivity index (χ3n) is 2.22. The van der Waals surface area contributed by atoms with Crippen LogP contribution in [-0.4, -0.2) is 11.1 Å². The largest absolute Gasteiger partial charge is 0.303 e. The van der Waals surface area contributed by atoms with E-state index in [4.69, 9.17) is 0 Å². The molecule has 1 rings (SSSR count). The molecule has 0 aromatic carbocycles. The Labute approximate surface area is 70.3 Å². The molecule has 2 atom stereocenters. The van der Waals surface area contributed by atoms with Crippen LogP contribution in [0.25, 0.3) is 0 Å². The van der Waals surface area contributed by atoms with E-state index in [0.29, 0.717) is 10.7 Å². The second kappa shape index (κ2) is 4.12. The van der Waals surface area contributed by atoms with Gasteiger partial charge >= 0.3 is 0 Å². The molecule has 2 heteroatoms. The van der Waals surface area contributed by atoms with Crippen LogP contribution < -0.4 is 0 Å². The van der Waals surface area contributed by atoms with Crippen molar-refractivity contribution in [3.05, 3.63) is 0 Å². The van der Waals surface area contributed by atoms with Gasteiger partial charge in [-0.3, -0.25) is 0 Å². The van der Waals surface area contributed by atoms with Crippen molar-refractivity contribution in [3.8, 4) is 0 Å². The molecule has 1 nitrogen and oxygen atoms in total. The molecule has 0 aliphatic heterocycles. The molecule has 58 valence electrons. The van der Waals surface area contributed by atoms with Gasteiger partial charge < -0.3 is 4.79 Å². The van der Waals surface area contributed by atoms with Crippen molar-refractivity contribution in [3.63, 3.8) is 0 Å². The molecule has 1 aliphatic rings. The van der Waals surface area contributed by atoms with Crippen molar-refractivity contribution in [2.24, 2.45) is 5.92 Å². The van der Waals surface area contributed by atoms with E-state index >= 15 is 0 Å². The SMILES string of the molecule is O=CCC1CCCCC1Br. The van der Waals surface area contributed by atoms with Gasteiger partial charge in [-0.05, 0) is 18.8 Å². The van der Waals surface area contributed by atoms with E-state index in [2.05, 4.69) is 15.9 Å². The van der Waals surface area contributed by atoms with Crippen molar-refractivity contribution in [1.29, 1.82) is 0 Å². The third kappa shape index (κ3) is 2.08. The lowest BCUT2D eigenvalue weighted by molar-refractivity contribution is -0.108. The summed E-state index contributed by atoms with van der Waals surface area (Å²) in [6, 6.07) is 0. The van der Waals surface area contributed by atoms with E-state index in [1.54, 1.807) is 0 Å². The molecule has 1 fully saturated rings. The average Bonchev–Trinajstić information content (AvgIpc) is 1.94. The lowest BCUT2D eigenvalue weighted by Crippen LogP contribution is -2.19. The van der Waals surface area contributed by atoms with Gasteiger partial charge in [-0.1, -0.05) is 28.8 Å². The summed E-state index contributed by atoms with van der Waals surface area (Å²) >= 11 is 3.60. The summed E-state index contributed by atoms with van der Waals surface area (Å²) in [4.78, 5) is 10.8. The van der Waals surface area contributed by atoms with Crippen LogP contribution in [0.1, 0.15) is 32.1 Å². The standard InChI is InChI=1S/C8H13BrO/c9-8-4-2-1-3-7(8)5-6-10/h6-8H,1-5H2. The fourth-order valence-electron chi connectivity index (χ4n) is 1.55. The second-order valence-electron chi connectivity index (χ2n) is 2.96. The Morgan fingerprint density at radius 2 is 2.10 bits per heavy atom. The molecule has 0 aromatic rings. The normalized spacial score (nSPS) is 33.7. The van der Waals surface area contributed by atoms with Gasteiger partial charge in [0.25, 0.3) is 0 Å². The van der Waals surface area contributed by atoms with Crippen molar-refractivity contribution in [2.75, 3.05) is 0 Å². The van der Waals surface area contributed by atoms with E-state index in [9.17, 15) is 4.79 Å². The first kappa shape index (κ1) is 8.25. The van der Waals surface area contributed by atoms with Crippen LogP contribution in [0.2, 0.25) is 0 Å². The van der Waals surface area contributed by atoms with Crippen LogP contribution in [-0.2, 0) is 4.79 Å². The molecular weight excluding hydrogens is 192 g/mol. The Hall–Kier alpha value is 0.150. The topological polar surface area (TPSA) is 17.1 Å². The molecule has 1 aliphatic carbocycles. The Morgan fingerprint density at radius 1 is 1.40 bits per heavy atom. The zero-order valence-corrected chi connectivity index (χ0v) is 7.64. The number of carbonyl (C=O) groups excluding carboxylic acids is 1. The number of hydrogen-bond acceptors (Lipinski definition) is 1. The first-order valence-corrected chi connectivity index (χ1v) is 4.84. The highest BCUT2D eigenvalue weighted by atomic mass is 79.9. The Kier molecular flexibility index (Phi) is 3.40. The molecule has 0 N–H and O–H groups in total. The summed E-state index contributed by atoms with van der Waals surface area (Å²) in [6.07, 6.45) is 6.90. The van der Waals surface area contributed by atoms with Crippen molar-refractivity contribution >= 4 is 22.2 Å². The van der Waals surface area contributed by atoms with E-state index in [-0.39, 0.29) is 0 Å². The summed E-state index contributed by atoms with van der Waals surface area (Å²) in [5.41, 5.74) is 0. The van der Waals surface area contributed by atoms with Crippen LogP contribution >= 0.6 is 15.9 Å². The fraction of sp³-hybridized carbons (Fsp3) is 0.875. The number of rotatable bonds is 2. The molecule has 2 unspecified atom stereocenters. The second-order valence-corrected chi connectivity index (χ2v) is 4.14. The minimum absolute atomic E-state index is 0.603. The molecule has 0 saturated heterocycles. The maximum absolute atomic E-state index is 10.2. The number of hydrogen-bond donors (Lipinski definition) is 0. The molecule has 0 spiro atoms. The zero-order chi connectivity index (χ0) is 7.40. The van der Waals surface area contributed by atoms with E-state index in [1.165, 1.54) is 25.7 Å². The number of carbonyl (C=O) groups is 1. The molecule has 10 heavy (non-hydrogen) atoms. The molecule has 0 amide bonds. The van der Waals surface area contributed by atoms with E-state index < -0.39 is 0 Å². The molecule has 0 radical (unpaired) electrons. The summed E-state index contributed by atoms with van der Waals surface area (Å²) in [6.45, 7) is 0. The Bertz CT molecular complexity index is 114. The van der Waals surface area contributed by atoms with Crippen LogP contribution in [0.15, 0.2) is 0 Å². The number of halogens is 1. The van der Waals surface area contributed by atoms with Gasteiger partial charge in [0.05, 0.1) is 0 Å². The zero-order valence-electron chi connectivity index (χ0n) is 6.05. The van der Waals surface area contributed by atoms with Gasteiger partial charge in [-0.2, -0.15) is 0 Å². The van der Waals surface area contributed by atoms with Crippen molar-refractivity contribution < 1.29 is 4.79 Å². The average molecular weight is 205 g/mol. The van der Waals surface area contributed by atoms with Gasteiger partial charge in [0, 0.05) is 11.2 Å². The number of alkyl halides is 1. The van der Waals surface area contributed by atoms with Gasteiger partial charge in [0.15, 0.2) is 0 Å². The number of aldehydes is 1. The van der Waals surface area contributed by atoms with Crippen molar-refractivity contribution in [1.82, 2.24) is 0 Å². The monoisotopic (exact) mass is 204 g/mol. The first-order chi connectivity index (χ1) is 4.84. The van der Waals surface area contributed by atoms with Crippen molar-refractivity contribution in [2.45, 2.75) is 36.9 Å². The predicted octanol–water partition coefficient (Wildman–Crippen LogP) is 2.53. The molecule has 1 saturated carbocycles. The summed E-state index contributed by atoms with van der Waals surface area (Å²) in [5, 5.41) is 0. The predicted molar refractivity (Wildman–Crippen MR) is 45.4 cm³/mol. The molecular formula is C8H13BrO.